The minimum absolute atomic E-state index is 0.120. The van der Waals surface area contributed by atoms with Gasteiger partial charge in [-0.15, -0.1) is 0 Å². The van der Waals surface area contributed by atoms with Crippen molar-refractivity contribution in [1.82, 2.24) is 15.1 Å². The van der Waals surface area contributed by atoms with Crippen LogP contribution in [0, 0.1) is 0 Å². The molecule has 1 N–H and O–H groups in total. The summed E-state index contributed by atoms with van der Waals surface area (Å²) < 4.78 is 11.8. The van der Waals surface area contributed by atoms with Gasteiger partial charge in [-0.1, -0.05) is 23.7 Å². The van der Waals surface area contributed by atoms with E-state index in [9.17, 15) is 4.79 Å². The molecule has 0 aliphatic carbocycles. The molecule has 4 rings (SSSR count). The van der Waals surface area contributed by atoms with Crippen molar-refractivity contribution in [3.05, 3.63) is 53.8 Å². The highest BCUT2D eigenvalue weighted by Gasteiger charge is 2.18. The van der Waals surface area contributed by atoms with E-state index < -0.39 is 0 Å². The predicted molar refractivity (Wildman–Crippen MR) is 138 cm³/mol. The summed E-state index contributed by atoms with van der Waals surface area (Å²) in [6, 6.07) is 14.0. The van der Waals surface area contributed by atoms with E-state index in [1.165, 1.54) is 0 Å². The van der Waals surface area contributed by atoms with Crippen molar-refractivity contribution in [2.24, 2.45) is 0 Å². The van der Waals surface area contributed by atoms with Crippen LogP contribution >= 0.6 is 11.6 Å². The lowest BCUT2D eigenvalue weighted by molar-refractivity contribution is -0.123. The summed E-state index contributed by atoms with van der Waals surface area (Å²) in [6.45, 7) is 10.2. The molecular formula is C27H34ClN3O3. The lowest BCUT2D eigenvalue weighted by atomic mass is 10.0. The number of halogens is 1. The van der Waals surface area contributed by atoms with E-state index >= 15 is 0 Å². The van der Waals surface area contributed by atoms with Crippen molar-refractivity contribution in [2.45, 2.75) is 32.7 Å². The first kappa shape index (κ1) is 24.6. The number of rotatable bonds is 10. The summed E-state index contributed by atoms with van der Waals surface area (Å²) in [6.07, 6.45) is 3.88. The van der Waals surface area contributed by atoms with Gasteiger partial charge in [-0.25, -0.2) is 0 Å². The number of amides is 1. The van der Waals surface area contributed by atoms with E-state index in [4.69, 9.17) is 20.8 Å². The normalized spacial score (nSPS) is 15.2. The highest BCUT2D eigenvalue weighted by molar-refractivity contribution is 6.30. The highest BCUT2D eigenvalue weighted by Crippen LogP contribution is 2.33. The van der Waals surface area contributed by atoms with Crippen molar-refractivity contribution in [3.63, 3.8) is 0 Å². The van der Waals surface area contributed by atoms with Crippen molar-refractivity contribution >= 4 is 28.5 Å². The zero-order valence-corrected chi connectivity index (χ0v) is 20.8. The molecule has 0 saturated carbocycles. The second-order valence-corrected chi connectivity index (χ2v) is 9.65. The smallest absolute Gasteiger partial charge is 0.234 e. The van der Waals surface area contributed by atoms with Gasteiger partial charge in [0.2, 0.25) is 5.91 Å². The average Bonchev–Trinajstić information content (AvgIpc) is 3.23. The molecule has 7 heteroatoms. The fraction of sp³-hybridized carbons (Fsp3) is 0.444. The van der Waals surface area contributed by atoms with E-state index in [0.29, 0.717) is 13.2 Å². The number of carbonyl (C=O) groups excluding carboxylic acids is 1. The van der Waals surface area contributed by atoms with Gasteiger partial charge in [0.05, 0.1) is 19.4 Å². The number of unbranched alkanes of at least 4 members (excludes halogenated alkanes) is 1. The summed E-state index contributed by atoms with van der Waals surface area (Å²) in [5.74, 6) is 0.951. The maximum absolute atomic E-state index is 11.9. The van der Waals surface area contributed by atoms with E-state index in [1.54, 1.807) is 6.26 Å². The predicted octanol–water partition coefficient (Wildman–Crippen LogP) is 5.05. The van der Waals surface area contributed by atoms with Gasteiger partial charge in [0, 0.05) is 54.3 Å². The molecule has 0 atom stereocenters. The van der Waals surface area contributed by atoms with Crippen LogP contribution in [0.4, 0.5) is 0 Å². The number of hydrogen-bond acceptors (Lipinski definition) is 5. The van der Waals surface area contributed by atoms with Gasteiger partial charge >= 0.3 is 0 Å². The van der Waals surface area contributed by atoms with E-state index in [-0.39, 0.29) is 11.9 Å². The van der Waals surface area contributed by atoms with Crippen LogP contribution in [0.1, 0.15) is 26.7 Å². The zero-order chi connectivity index (χ0) is 23.9. The molecule has 3 aromatic rings. The third-order valence-electron chi connectivity index (χ3n) is 6.12. The molecular weight excluding hydrogens is 450 g/mol. The molecule has 1 amide bonds. The van der Waals surface area contributed by atoms with Gasteiger partial charge < -0.3 is 19.4 Å². The van der Waals surface area contributed by atoms with Crippen molar-refractivity contribution < 1.29 is 13.9 Å². The Morgan fingerprint density at radius 1 is 1.06 bits per heavy atom. The lowest BCUT2D eigenvalue weighted by Crippen LogP contribution is -2.50. The number of nitrogens with zero attached hydrogens (tertiary/aromatic N) is 2. The molecule has 2 heterocycles. The van der Waals surface area contributed by atoms with Crippen LogP contribution in [-0.4, -0.2) is 67.6 Å². The molecule has 0 radical (unpaired) electrons. The highest BCUT2D eigenvalue weighted by atomic mass is 35.5. The number of hydrogen-bond donors (Lipinski definition) is 1. The monoisotopic (exact) mass is 483 g/mol. The third kappa shape index (κ3) is 6.75. The van der Waals surface area contributed by atoms with Crippen LogP contribution in [0.2, 0.25) is 5.02 Å². The summed E-state index contributed by atoms with van der Waals surface area (Å²) in [5, 5.41) is 4.75. The van der Waals surface area contributed by atoms with Crippen LogP contribution in [0.15, 0.2) is 53.1 Å². The molecule has 2 aromatic carbocycles. The average molecular weight is 484 g/mol. The summed E-state index contributed by atoms with van der Waals surface area (Å²) >= 11 is 6.01. The molecule has 1 fully saturated rings. The van der Waals surface area contributed by atoms with Gasteiger partial charge in [-0.3, -0.25) is 9.69 Å². The van der Waals surface area contributed by atoms with Gasteiger partial charge in [0.15, 0.2) is 0 Å². The Morgan fingerprint density at radius 3 is 2.53 bits per heavy atom. The van der Waals surface area contributed by atoms with E-state index in [0.717, 1.165) is 78.4 Å². The maximum Gasteiger partial charge on any atom is 0.234 e. The Labute approximate surface area is 206 Å². The second kappa shape index (κ2) is 11.7. The number of carbonyl (C=O) groups is 1. The Kier molecular flexibility index (Phi) is 8.48. The number of ether oxygens (including phenoxy) is 1. The van der Waals surface area contributed by atoms with Gasteiger partial charge in [0.1, 0.15) is 11.3 Å². The fourth-order valence-electron chi connectivity index (χ4n) is 4.32. The van der Waals surface area contributed by atoms with Crippen molar-refractivity contribution in [2.75, 3.05) is 45.9 Å². The Bertz CT molecular complexity index is 1070. The Hall–Kier alpha value is -2.54. The number of nitrogens with one attached hydrogen (secondary N) is 1. The Balaban J connectivity index is 1.16. The van der Waals surface area contributed by atoms with Crippen LogP contribution in [0.3, 0.4) is 0 Å². The molecule has 0 unspecified atom stereocenters. The number of piperazine rings is 1. The largest absolute Gasteiger partial charge is 0.493 e. The summed E-state index contributed by atoms with van der Waals surface area (Å²) in [7, 11) is 0. The minimum Gasteiger partial charge on any atom is -0.493 e. The quantitative estimate of drug-likeness (QED) is 0.409. The number of furan rings is 1. The minimum atomic E-state index is 0.120. The van der Waals surface area contributed by atoms with Crippen LogP contribution in [-0.2, 0) is 4.79 Å². The molecule has 0 spiro atoms. The number of fused-ring (bicyclic) bond motifs is 1. The molecule has 1 saturated heterocycles. The first-order valence-corrected chi connectivity index (χ1v) is 12.5. The van der Waals surface area contributed by atoms with Crippen molar-refractivity contribution in [3.8, 4) is 16.9 Å². The molecule has 1 aliphatic heterocycles. The van der Waals surface area contributed by atoms with Gasteiger partial charge in [-0.05, 0) is 63.1 Å². The van der Waals surface area contributed by atoms with Crippen LogP contribution in [0.25, 0.3) is 22.1 Å². The van der Waals surface area contributed by atoms with Crippen molar-refractivity contribution in [1.29, 1.82) is 0 Å². The molecule has 1 aromatic heterocycles. The first-order valence-electron chi connectivity index (χ1n) is 12.1. The third-order valence-corrected chi connectivity index (χ3v) is 6.37. The van der Waals surface area contributed by atoms with E-state index in [1.807, 2.05) is 50.2 Å². The second-order valence-electron chi connectivity index (χ2n) is 9.21. The SMILES string of the molecule is CC(C)NC(=O)CN1CCN(CCCCOc2ccc3c(-c4ccc(Cl)cc4)coc3c2)CC1. The van der Waals surface area contributed by atoms with Gasteiger partial charge in [0.25, 0.3) is 0 Å². The first-order chi connectivity index (χ1) is 16.5. The summed E-state index contributed by atoms with van der Waals surface area (Å²) in [4.78, 5) is 16.6. The van der Waals surface area contributed by atoms with Gasteiger partial charge in [-0.2, -0.15) is 0 Å². The number of benzene rings is 2. The molecule has 6 nitrogen and oxygen atoms in total. The maximum atomic E-state index is 11.9. The van der Waals surface area contributed by atoms with E-state index in [2.05, 4.69) is 21.2 Å². The lowest BCUT2D eigenvalue weighted by Gasteiger charge is -2.34. The molecule has 34 heavy (non-hydrogen) atoms. The Morgan fingerprint density at radius 2 is 1.79 bits per heavy atom. The standard InChI is InChI=1S/C27H34ClN3O3/c1-20(2)29-27(32)18-31-14-12-30(13-15-31)11-3-4-16-33-23-9-10-24-25(19-34-26(24)17-23)21-5-7-22(28)8-6-21/h5-10,17,19-20H,3-4,11-16,18H2,1-2H3,(H,29,32). The van der Waals surface area contributed by atoms with Crippen LogP contribution < -0.4 is 10.1 Å². The molecule has 0 bridgehead atoms. The van der Waals surface area contributed by atoms with Crippen LogP contribution in [0.5, 0.6) is 5.75 Å². The topological polar surface area (TPSA) is 58.0 Å². The molecule has 182 valence electrons. The zero-order valence-electron chi connectivity index (χ0n) is 20.1. The molecule has 1 aliphatic rings. The summed E-state index contributed by atoms with van der Waals surface area (Å²) in [5.41, 5.74) is 2.96. The fourth-order valence-corrected chi connectivity index (χ4v) is 4.45.